The smallest absolute Gasteiger partial charge is 0.266 e. The van der Waals surface area contributed by atoms with E-state index in [1.54, 1.807) is 11.8 Å². The monoisotopic (exact) mass is 489 g/mol. The lowest BCUT2D eigenvalue weighted by Crippen LogP contribution is -2.49. The highest BCUT2D eigenvalue weighted by Crippen LogP contribution is 2.30. The summed E-state index contributed by atoms with van der Waals surface area (Å²) in [7, 11) is 1.50. The first kappa shape index (κ1) is 24.6. The van der Waals surface area contributed by atoms with Crippen molar-refractivity contribution in [3.05, 3.63) is 63.5 Å². The van der Waals surface area contributed by atoms with Gasteiger partial charge < -0.3 is 15.0 Å². The number of hydrogen-bond acceptors (Lipinski definition) is 6. The predicted molar refractivity (Wildman–Crippen MR) is 124 cm³/mol. The van der Waals surface area contributed by atoms with Gasteiger partial charge in [0.05, 0.1) is 29.2 Å². The first-order valence-corrected chi connectivity index (χ1v) is 11.2. The molecular formula is C24H26F3N5O3. The summed E-state index contributed by atoms with van der Waals surface area (Å²) in [6.45, 7) is 6.00. The molecule has 1 amide bonds. The van der Waals surface area contributed by atoms with Gasteiger partial charge in [0.25, 0.3) is 17.9 Å². The summed E-state index contributed by atoms with van der Waals surface area (Å²) in [5.74, 6) is -1.20. The molecule has 35 heavy (non-hydrogen) atoms. The molecule has 0 spiro atoms. The molecule has 1 aliphatic rings. The first-order valence-electron chi connectivity index (χ1n) is 11.2. The van der Waals surface area contributed by atoms with Crippen molar-refractivity contribution in [3.8, 4) is 0 Å². The van der Waals surface area contributed by atoms with Gasteiger partial charge in [-0.2, -0.15) is 0 Å². The van der Waals surface area contributed by atoms with Gasteiger partial charge in [-0.25, -0.2) is 23.1 Å². The quantitative estimate of drug-likeness (QED) is 0.586. The number of carbonyl (C=O) groups is 1. The summed E-state index contributed by atoms with van der Waals surface area (Å²) < 4.78 is 47.9. The molecule has 186 valence electrons. The number of halogens is 3. The van der Waals surface area contributed by atoms with Gasteiger partial charge in [0, 0.05) is 25.7 Å². The second kappa shape index (κ2) is 9.65. The molecule has 4 rings (SSSR count). The van der Waals surface area contributed by atoms with Crippen LogP contribution < -0.4 is 10.9 Å². The third-order valence-corrected chi connectivity index (χ3v) is 6.05. The number of nitrogens with zero attached hydrogens (tertiary/aromatic N) is 4. The molecular weight excluding hydrogens is 463 g/mol. The third-order valence-electron chi connectivity index (χ3n) is 6.05. The average molecular weight is 489 g/mol. The number of alkyl halides is 2. The molecule has 0 saturated carbocycles. The van der Waals surface area contributed by atoms with Crippen LogP contribution in [0.2, 0.25) is 0 Å². The van der Waals surface area contributed by atoms with Crippen LogP contribution >= 0.6 is 0 Å². The Balaban J connectivity index is 1.74. The van der Waals surface area contributed by atoms with Crippen LogP contribution in [0.25, 0.3) is 11.0 Å². The number of amides is 1. The topological polar surface area (TPSA) is 89.4 Å². The number of aryl methyl sites for hydroxylation is 1. The van der Waals surface area contributed by atoms with E-state index in [9.17, 15) is 22.8 Å². The fraction of sp³-hybridized carbons (Fsp3) is 0.417. The number of fused-ring (bicyclic) bond motifs is 1. The minimum atomic E-state index is -2.95. The number of anilines is 1. The van der Waals surface area contributed by atoms with Crippen LogP contribution in [-0.4, -0.2) is 50.6 Å². The van der Waals surface area contributed by atoms with Gasteiger partial charge in [-0.1, -0.05) is 18.2 Å². The van der Waals surface area contributed by atoms with Crippen molar-refractivity contribution in [1.29, 1.82) is 0 Å². The van der Waals surface area contributed by atoms with Crippen molar-refractivity contribution >= 4 is 22.8 Å². The summed E-state index contributed by atoms with van der Waals surface area (Å²) >= 11 is 0. The van der Waals surface area contributed by atoms with E-state index in [2.05, 4.69) is 15.3 Å². The molecule has 1 N–H and O–H groups in total. The summed E-state index contributed by atoms with van der Waals surface area (Å²) in [4.78, 5) is 36.3. The maximum Gasteiger partial charge on any atom is 0.266 e. The number of benzene rings is 1. The minimum Gasteiger partial charge on any atom is -0.372 e. The lowest BCUT2D eigenvalue weighted by molar-refractivity contribution is -0.0586. The van der Waals surface area contributed by atoms with Crippen molar-refractivity contribution in [3.63, 3.8) is 0 Å². The Labute approximate surface area is 199 Å². The molecule has 3 heterocycles. The van der Waals surface area contributed by atoms with E-state index in [1.165, 1.54) is 36.1 Å². The van der Waals surface area contributed by atoms with E-state index in [4.69, 9.17) is 4.74 Å². The number of aromatic nitrogens is 3. The molecule has 11 heteroatoms. The average Bonchev–Trinajstić information content (AvgIpc) is 2.80. The molecule has 2 aromatic heterocycles. The molecule has 0 unspecified atom stereocenters. The van der Waals surface area contributed by atoms with Crippen LogP contribution in [0.5, 0.6) is 0 Å². The zero-order valence-electron chi connectivity index (χ0n) is 19.8. The molecule has 1 saturated heterocycles. The zero-order chi connectivity index (χ0) is 25.4. The van der Waals surface area contributed by atoms with Crippen LogP contribution in [0.1, 0.15) is 54.7 Å². The zero-order valence-corrected chi connectivity index (χ0v) is 19.8. The number of ether oxygens (including phenoxy) is 1. The molecule has 0 bridgehead atoms. The van der Waals surface area contributed by atoms with Crippen molar-refractivity contribution in [2.75, 3.05) is 18.4 Å². The highest BCUT2D eigenvalue weighted by molar-refractivity contribution is 5.99. The van der Waals surface area contributed by atoms with Crippen molar-refractivity contribution in [1.82, 2.24) is 19.4 Å². The van der Waals surface area contributed by atoms with E-state index in [0.29, 0.717) is 18.5 Å². The number of morpholine rings is 1. The SMILES string of the molecule is C[C@@H]1CN(C(=O)c2cc3c(N[C@H](C)c4cccc(C(F)F)c4F)ncnc3n(C)c2=O)C[C@H](C)O1. The third kappa shape index (κ3) is 4.72. The molecule has 1 fully saturated rings. The van der Waals surface area contributed by atoms with E-state index in [0.717, 1.165) is 6.07 Å². The van der Waals surface area contributed by atoms with Gasteiger partial charge in [0.2, 0.25) is 0 Å². The van der Waals surface area contributed by atoms with E-state index >= 15 is 0 Å². The van der Waals surface area contributed by atoms with E-state index in [-0.39, 0.29) is 34.8 Å². The summed E-state index contributed by atoms with van der Waals surface area (Å²) in [6, 6.07) is 4.49. The molecule has 3 atom stereocenters. The van der Waals surface area contributed by atoms with E-state index in [1.807, 2.05) is 13.8 Å². The maximum absolute atomic E-state index is 14.7. The van der Waals surface area contributed by atoms with Crippen molar-refractivity contribution < 1.29 is 22.7 Å². The number of rotatable bonds is 5. The number of hydrogen-bond donors (Lipinski definition) is 1. The summed E-state index contributed by atoms with van der Waals surface area (Å²) in [5, 5.41) is 3.38. The summed E-state index contributed by atoms with van der Waals surface area (Å²) in [5.41, 5.74) is -0.956. The molecule has 0 aliphatic carbocycles. The first-order chi connectivity index (χ1) is 16.6. The van der Waals surface area contributed by atoms with Crippen molar-refractivity contribution in [2.45, 2.75) is 45.4 Å². The lowest BCUT2D eigenvalue weighted by Gasteiger charge is -2.35. The second-order valence-corrected chi connectivity index (χ2v) is 8.77. The fourth-order valence-corrected chi connectivity index (χ4v) is 4.41. The van der Waals surface area contributed by atoms with Crippen LogP contribution in [0, 0.1) is 5.82 Å². The van der Waals surface area contributed by atoms with Gasteiger partial charge >= 0.3 is 0 Å². The number of nitrogens with one attached hydrogen (secondary N) is 1. The van der Waals surface area contributed by atoms with Gasteiger partial charge in [-0.3, -0.25) is 14.2 Å². The highest BCUT2D eigenvalue weighted by Gasteiger charge is 2.29. The Morgan fingerprint density at radius 3 is 2.49 bits per heavy atom. The predicted octanol–water partition coefficient (Wildman–Crippen LogP) is 3.83. The Kier molecular flexibility index (Phi) is 6.79. The van der Waals surface area contributed by atoms with Gasteiger partial charge in [0.15, 0.2) is 0 Å². The van der Waals surface area contributed by atoms with Crippen molar-refractivity contribution in [2.24, 2.45) is 7.05 Å². The van der Waals surface area contributed by atoms with Crippen LogP contribution in [0.15, 0.2) is 35.4 Å². The minimum absolute atomic E-state index is 0.0342. The van der Waals surface area contributed by atoms with Crippen LogP contribution in [-0.2, 0) is 11.8 Å². The Morgan fingerprint density at radius 2 is 1.83 bits per heavy atom. The normalized spacial score (nSPS) is 19.3. The maximum atomic E-state index is 14.7. The Morgan fingerprint density at radius 1 is 1.17 bits per heavy atom. The lowest BCUT2D eigenvalue weighted by atomic mass is 10.0. The highest BCUT2D eigenvalue weighted by atomic mass is 19.3. The molecule has 0 radical (unpaired) electrons. The van der Waals surface area contributed by atoms with Crippen LogP contribution in [0.3, 0.4) is 0 Å². The molecule has 8 nitrogen and oxygen atoms in total. The Hall–Kier alpha value is -3.47. The molecule has 3 aromatic rings. The standard InChI is InChI=1S/C24H26F3N5O3/c1-12-9-32(10-13(2)35-12)24(34)18-8-17-21(28-11-29-22(17)31(4)23(18)33)30-14(3)15-6-5-7-16(19(15)25)20(26)27/h5-8,11-14,20H,9-10H2,1-4H3,(H,28,29,30)/t12-,13+,14-/m1/s1. The van der Waals surface area contributed by atoms with Gasteiger partial charge in [0.1, 0.15) is 29.2 Å². The van der Waals surface area contributed by atoms with Gasteiger partial charge in [-0.05, 0) is 26.8 Å². The van der Waals surface area contributed by atoms with Gasteiger partial charge in [-0.15, -0.1) is 0 Å². The number of pyridine rings is 1. The fourth-order valence-electron chi connectivity index (χ4n) is 4.41. The Bertz CT molecular complexity index is 1320. The number of carbonyl (C=O) groups excluding carboxylic acids is 1. The summed E-state index contributed by atoms with van der Waals surface area (Å²) in [6.07, 6.45) is -2.06. The molecule has 1 aliphatic heterocycles. The second-order valence-electron chi connectivity index (χ2n) is 8.77. The van der Waals surface area contributed by atoms with E-state index < -0.39 is 35.3 Å². The van der Waals surface area contributed by atoms with Crippen LogP contribution in [0.4, 0.5) is 19.0 Å². The largest absolute Gasteiger partial charge is 0.372 e. The molecule has 1 aromatic carbocycles.